The molecule has 1 atom stereocenters. The molecule has 1 N–H and O–H groups in total. The predicted molar refractivity (Wildman–Crippen MR) is 78.5 cm³/mol. The van der Waals surface area contributed by atoms with Gasteiger partial charge in [-0.15, -0.1) is 0 Å². The van der Waals surface area contributed by atoms with Crippen LogP contribution in [0.5, 0.6) is 5.75 Å². The van der Waals surface area contributed by atoms with Crippen molar-refractivity contribution in [3.8, 4) is 5.75 Å². The Morgan fingerprint density at radius 1 is 1.28 bits per heavy atom. The minimum atomic E-state index is 0.442. The summed E-state index contributed by atoms with van der Waals surface area (Å²) in [5, 5.41) is 3.31. The third-order valence-corrected chi connectivity index (χ3v) is 3.36. The lowest BCUT2D eigenvalue weighted by atomic mass is 10.0. The first-order valence-corrected chi connectivity index (χ1v) is 6.99. The van der Waals surface area contributed by atoms with E-state index in [1.54, 1.807) is 0 Å². The maximum Gasteiger partial charge on any atom is 0.122 e. The van der Waals surface area contributed by atoms with Crippen LogP contribution in [0.2, 0.25) is 0 Å². The van der Waals surface area contributed by atoms with E-state index in [-0.39, 0.29) is 0 Å². The lowest BCUT2D eigenvalue weighted by Crippen LogP contribution is -2.31. The molecule has 0 aliphatic carbocycles. The van der Waals surface area contributed by atoms with Crippen LogP contribution in [0, 0.1) is 6.92 Å². The van der Waals surface area contributed by atoms with Crippen LogP contribution in [0.15, 0.2) is 18.2 Å². The van der Waals surface area contributed by atoms with Gasteiger partial charge in [-0.05, 0) is 43.5 Å². The fourth-order valence-electron chi connectivity index (χ4n) is 1.98. The molecule has 0 amide bonds. The summed E-state index contributed by atoms with van der Waals surface area (Å²) in [4.78, 5) is 0. The Labute approximate surface area is 112 Å². The number of likely N-dealkylation sites (N-methyl/N-ethyl adjacent to an activating group) is 1. The van der Waals surface area contributed by atoms with E-state index in [0.29, 0.717) is 12.0 Å². The monoisotopic (exact) mass is 249 g/mol. The first-order chi connectivity index (χ1) is 8.58. The summed E-state index contributed by atoms with van der Waals surface area (Å²) < 4.78 is 5.97. The highest BCUT2D eigenvalue weighted by Crippen LogP contribution is 2.24. The lowest BCUT2D eigenvalue weighted by Gasteiger charge is -2.18. The van der Waals surface area contributed by atoms with Gasteiger partial charge in [0.2, 0.25) is 0 Å². The molecule has 2 nitrogen and oxygen atoms in total. The van der Waals surface area contributed by atoms with Gasteiger partial charge in [-0.2, -0.15) is 0 Å². The Hall–Kier alpha value is -1.02. The molecule has 0 bridgehead atoms. The van der Waals surface area contributed by atoms with E-state index in [1.165, 1.54) is 17.5 Å². The van der Waals surface area contributed by atoms with E-state index in [4.69, 9.17) is 4.74 Å². The molecule has 1 unspecified atom stereocenters. The highest BCUT2D eigenvalue weighted by Gasteiger charge is 2.08. The largest absolute Gasteiger partial charge is 0.492 e. The average Bonchev–Trinajstić information content (AvgIpc) is 2.35. The van der Waals surface area contributed by atoms with Gasteiger partial charge >= 0.3 is 0 Å². The number of benzene rings is 1. The second-order valence-electron chi connectivity index (χ2n) is 5.26. The molecule has 0 saturated carbocycles. The molecule has 1 aromatic rings. The Kier molecular flexibility index (Phi) is 6.20. The summed E-state index contributed by atoms with van der Waals surface area (Å²) in [5.74, 6) is 1.57. The molecule has 0 aliphatic rings. The van der Waals surface area contributed by atoms with Gasteiger partial charge in [-0.1, -0.05) is 39.3 Å². The minimum Gasteiger partial charge on any atom is -0.492 e. The summed E-state index contributed by atoms with van der Waals surface area (Å²) in [6.45, 7) is 9.47. The smallest absolute Gasteiger partial charge is 0.122 e. The van der Waals surface area contributed by atoms with Crippen molar-refractivity contribution in [2.45, 2.75) is 52.5 Å². The number of nitrogens with one attached hydrogen (secondary N) is 1. The fraction of sp³-hybridized carbons (Fsp3) is 0.625. The van der Waals surface area contributed by atoms with Crippen molar-refractivity contribution in [1.82, 2.24) is 5.32 Å². The quantitative estimate of drug-likeness (QED) is 0.791. The van der Waals surface area contributed by atoms with Crippen molar-refractivity contribution < 1.29 is 4.74 Å². The number of aryl methyl sites for hydroxylation is 1. The molecule has 2 heteroatoms. The maximum absolute atomic E-state index is 5.97. The van der Waals surface area contributed by atoms with Crippen LogP contribution in [0.25, 0.3) is 0 Å². The van der Waals surface area contributed by atoms with E-state index in [9.17, 15) is 0 Å². The van der Waals surface area contributed by atoms with Crippen LogP contribution in [-0.4, -0.2) is 19.7 Å². The predicted octanol–water partition coefficient (Wildman–Crippen LogP) is 3.89. The standard InChI is InChI=1S/C16H27NO/c1-6-7-15(17-5)11-18-16-10-14(12(2)3)9-8-13(16)4/h8-10,12,15,17H,6-7,11H2,1-5H3. The van der Waals surface area contributed by atoms with Crippen LogP contribution in [0.3, 0.4) is 0 Å². The molecule has 1 rings (SSSR count). The highest BCUT2D eigenvalue weighted by atomic mass is 16.5. The van der Waals surface area contributed by atoms with Crippen molar-refractivity contribution in [2.24, 2.45) is 0 Å². The summed E-state index contributed by atoms with van der Waals surface area (Å²) in [5.41, 5.74) is 2.55. The second kappa shape index (κ2) is 7.42. The van der Waals surface area contributed by atoms with Crippen LogP contribution in [0.1, 0.15) is 50.7 Å². The van der Waals surface area contributed by atoms with E-state index in [2.05, 4.69) is 51.2 Å². The van der Waals surface area contributed by atoms with Crippen molar-refractivity contribution in [1.29, 1.82) is 0 Å². The molecule has 0 aliphatic heterocycles. The van der Waals surface area contributed by atoms with Gasteiger partial charge in [0.05, 0.1) is 0 Å². The number of rotatable bonds is 7. The first kappa shape index (κ1) is 15.0. The van der Waals surface area contributed by atoms with Gasteiger partial charge in [0, 0.05) is 6.04 Å². The molecule has 0 saturated heterocycles. The third kappa shape index (κ3) is 4.34. The van der Waals surface area contributed by atoms with Crippen molar-refractivity contribution in [3.63, 3.8) is 0 Å². The summed E-state index contributed by atoms with van der Waals surface area (Å²) in [6.07, 6.45) is 2.33. The van der Waals surface area contributed by atoms with Gasteiger partial charge in [0.25, 0.3) is 0 Å². The van der Waals surface area contributed by atoms with Crippen molar-refractivity contribution in [3.05, 3.63) is 29.3 Å². The molecule has 0 heterocycles. The van der Waals surface area contributed by atoms with E-state index in [1.807, 2.05) is 7.05 Å². The van der Waals surface area contributed by atoms with Crippen molar-refractivity contribution in [2.75, 3.05) is 13.7 Å². The fourth-order valence-corrected chi connectivity index (χ4v) is 1.98. The molecule has 0 spiro atoms. The molecule has 0 fully saturated rings. The van der Waals surface area contributed by atoms with Crippen LogP contribution >= 0.6 is 0 Å². The highest BCUT2D eigenvalue weighted by molar-refractivity contribution is 5.37. The van der Waals surface area contributed by atoms with E-state index in [0.717, 1.165) is 18.8 Å². The lowest BCUT2D eigenvalue weighted by molar-refractivity contribution is 0.261. The second-order valence-corrected chi connectivity index (χ2v) is 5.26. The number of hydrogen-bond donors (Lipinski definition) is 1. The Morgan fingerprint density at radius 3 is 2.56 bits per heavy atom. The summed E-state index contributed by atoms with van der Waals surface area (Å²) in [7, 11) is 2.00. The van der Waals surface area contributed by atoms with Crippen LogP contribution in [0.4, 0.5) is 0 Å². The van der Waals surface area contributed by atoms with Gasteiger partial charge < -0.3 is 10.1 Å². The van der Waals surface area contributed by atoms with Gasteiger partial charge in [0.1, 0.15) is 12.4 Å². The molecule has 1 aromatic carbocycles. The Balaban J connectivity index is 2.68. The van der Waals surface area contributed by atoms with E-state index >= 15 is 0 Å². The van der Waals surface area contributed by atoms with Gasteiger partial charge in [-0.3, -0.25) is 0 Å². The Morgan fingerprint density at radius 2 is 2.00 bits per heavy atom. The molecular formula is C16H27NO. The van der Waals surface area contributed by atoms with Crippen molar-refractivity contribution >= 4 is 0 Å². The van der Waals surface area contributed by atoms with Crippen LogP contribution < -0.4 is 10.1 Å². The molecule has 0 aromatic heterocycles. The van der Waals surface area contributed by atoms with E-state index < -0.39 is 0 Å². The number of hydrogen-bond acceptors (Lipinski definition) is 2. The summed E-state index contributed by atoms with van der Waals surface area (Å²) >= 11 is 0. The average molecular weight is 249 g/mol. The molecule has 18 heavy (non-hydrogen) atoms. The first-order valence-electron chi connectivity index (χ1n) is 6.99. The SMILES string of the molecule is CCCC(COc1cc(C(C)C)ccc1C)NC. The zero-order valence-electron chi connectivity index (χ0n) is 12.4. The maximum atomic E-state index is 5.97. The van der Waals surface area contributed by atoms with Gasteiger partial charge in [0.15, 0.2) is 0 Å². The molecular weight excluding hydrogens is 222 g/mol. The molecule has 0 radical (unpaired) electrons. The zero-order valence-corrected chi connectivity index (χ0v) is 12.4. The van der Waals surface area contributed by atoms with Crippen LogP contribution in [-0.2, 0) is 0 Å². The zero-order chi connectivity index (χ0) is 13.5. The normalized spacial score (nSPS) is 12.8. The summed E-state index contributed by atoms with van der Waals surface area (Å²) in [6, 6.07) is 6.96. The topological polar surface area (TPSA) is 21.3 Å². The number of ether oxygens (including phenoxy) is 1. The van der Waals surface area contributed by atoms with Gasteiger partial charge in [-0.25, -0.2) is 0 Å². The third-order valence-electron chi connectivity index (χ3n) is 3.36. The molecule has 102 valence electrons. The minimum absolute atomic E-state index is 0.442. The Bertz CT molecular complexity index is 360.